The van der Waals surface area contributed by atoms with E-state index >= 15 is 0 Å². The maximum atomic E-state index is 2.34. The van der Waals surface area contributed by atoms with E-state index in [-0.39, 0.29) is 0 Å². The van der Waals surface area contributed by atoms with Gasteiger partial charge in [-0.05, 0) is 97.2 Å². The van der Waals surface area contributed by atoms with Gasteiger partial charge in [0.2, 0.25) is 0 Å². The molecule has 0 amide bonds. The molecule has 4 aromatic carbocycles. The zero-order chi connectivity index (χ0) is 25.6. The first-order chi connectivity index (χ1) is 17.8. The normalized spacial score (nSPS) is 13.0. The maximum absolute atomic E-state index is 2.34. The van der Waals surface area contributed by atoms with E-state index in [1.165, 1.54) is 98.1 Å². The van der Waals surface area contributed by atoms with Crippen LogP contribution in [0.4, 0.5) is 0 Å². The summed E-state index contributed by atoms with van der Waals surface area (Å²) in [6, 6.07) is 27.4. The Bertz CT molecular complexity index is 1740. The summed E-state index contributed by atoms with van der Waals surface area (Å²) in [5, 5.41) is 0. The SMILES string of the molecule is Cc1cc(C)c(C2=c3sc4c(c3-c3ccccc32)-c2ccccc2C=4c2c(C)cc(C)cc2C)c(C)c1. The highest BCUT2D eigenvalue weighted by atomic mass is 32.1. The standard InChI is InChI=1S/C36H30S/c1-19-15-21(3)29(22(4)16-19)31-25-11-7-9-13-27(25)33-34-28-14-10-8-12-26(28)32(36(34)37-35(31)33)30-23(5)17-20(2)18-24(30)6/h7-18H,1-6H3. The fourth-order valence-electron chi connectivity index (χ4n) is 7.03. The molecule has 2 aliphatic rings. The lowest BCUT2D eigenvalue weighted by Crippen LogP contribution is -2.07. The van der Waals surface area contributed by atoms with Gasteiger partial charge < -0.3 is 0 Å². The summed E-state index contributed by atoms with van der Waals surface area (Å²) in [5.41, 5.74) is 22.1. The Morgan fingerprint density at radius 2 is 0.730 bits per heavy atom. The molecular weight excluding hydrogens is 464 g/mol. The number of hydrogen-bond donors (Lipinski definition) is 0. The van der Waals surface area contributed by atoms with Crippen molar-refractivity contribution in [2.45, 2.75) is 41.5 Å². The Morgan fingerprint density at radius 3 is 1.08 bits per heavy atom. The van der Waals surface area contributed by atoms with Crippen molar-refractivity contribution in [3.05, 3.63) is 137 Å². The second kappa shape index (κ2) is 7.91. The molecule has 0 nitrogen and oxygen atoms in total. The van der Waals surface area contributed by atoms with Crippen LogP contribution in [-0.4, -0.2) is 0 Å². The van der Waals surface area contributed by atoms with Crippen LogP contribution in [0.3, 0.4) is 0 Å². The first kappa shape index (κ1) is 22.5. The molecule has 0 unspecified atom stereocenters. The van der Waals surface area contributed by atoms with Gasteiger partial charge >= 0.3 is 0 Å². The van der Waals surface area contributed by atoms with Gasteiger partial charge in [0.1, 0.15) is 0 Å². The quantitative estimate of drug-likeness (QED) is 0.228. The average Bonchev–Trinajstić information content (AvgIpc) is 3.46. The van der Waals surface area contributed by atoms with E-state index in [2.05, 4.69) is 114 Å². The third kappa shape index (κ3) is 3.07. The molecule has 0 fully saturated rings. The summed E-state index contributed by atoms with van der Waals surface area (Å²) in [6.07, 6.45) is 0. The van der Waals surface area contributed by atoms with Crippen molar-refractivity contribution in [3.8, 4) is 22.3 Å². The van der Waals surface area contributed by atoms with Crippen molar-refractivity contribution in [1.29, 1.82) is 0 Å². The number of benzene rings is 4. The fraction of sp³-hybridized carbons (Fsp3) is 0.167. The minimum Gasteiger partial charge on any atom is -0.134 e. The van der Waals surface area contributed by atoms with Gasteiger partial charge in [-0.1, -0.05) is 83.9 Å². The van der Waals surface area contributed by atoms with Crippen molar-refractivity contribution in [2.75, 3.05) is 0 Å². The average molecular weight is 495 g/mol. The predicted octanol–water partition coefficient (Wildman–Crippen LogP) is 8.05. The highest BCUT2D eigenvalue weighted by Crippen LogP contribution is 2.47. The summed E-state index contributed by atoms with van der Waals surface area (Å²) in [6.45, 7) is 13.5. The molecule has 0 N–H and O–H groups in total. The van der Waals surface area contributed by atoms with E-state index in [1.807, 2.05) is 11.3 Å². The van der Waals surface area contributed by atoms with Crippen molar-refractivity contribution in [2.24, 2.45) is 0 Å². The third-order valence-electron chi connectivity index (χ3n) is 8.15. The minimum absolute atomic E-state index is 1.33. The number of thiophene rings is 1. The minimum atomic E-state index is 1.33. The Labute approximate surface area is 223 Å². The Hall–Kier alpha value is -3.68. The maximum Gasteiger partial charge on any atom is 0.0446 e. The molecule has 5 aromatic rings. The Balaban J connectivity index is 1.70. The van der Waals surface area contributed by atoms with Crippen LogP contribution in [0.15, 0.2) is 72.8 Å². The summed E-state index contributed by atoms with van der Waals surface area (Å²) < 4.78 is 2.85. The van der Waals surface area contributed by atoms with Crippen LogP contribution in [0.25, 0.3) is 33.4 Å². The zero-order valence-corrected chi connectivity index (χ0v) is 23.2. The molecule has 0 saturated heterocycles. The van der Waals surface area contributed by atoms with Crippen LogP contribution in [0.2, 0.25) is 0 Å². The van der Waals surface area contributed by atoms with E-state index in [1.54, 1.807) is 0 Å². The Kier molecular flexibility index (Phi) is 4.81. The lowest BCUT2D eigenvalue weighted by Gasteiger charge is -2.15. The number of hydrogen-bond acceptors (Lipinski definition) is 1. The van der Waals surface area contributed by atoms with E-state index in [0.29, 0.717) is 0 Å². The molecule has 0 spiro atoms. The van der Waals surface area contributed by atoms with Gasteiger partial charge in [-0.15, -0.1) is 11.3 Å². The van der Waals surface area contributed by atoms with Crippen LogP contribution in [0, 0.1) is 41.5 Å². The molecule has 1 heteroatoms. The van der Waals surface area contributed by atoms with Gasteiger partial charge in [0.05, 0.1) is 0 Å². The van der Waals surface area contributed by atoms with Crippen LogP contribution in [-0.2, 0) is 0 Å². The predicted molar refractivity (Wildman–Crippen MR) is 159 cm³/mol. The van der Waals surface area contributed by atoms with Crippen LogP contribution < -0.4 is 9.06 Å². The molecular formula is C36H30S. The largest absolute Gasteiger partial charge is 0.134 e. The molecule has 0 atom stereocenters. The molecule has 0 bridgehead atoms. The van der Waals surface area contributed by atoms with Crippen molar-refractivity contribution in [1.82, 2.24) is 0 Å². The number of rotatable bonds is 2. The molecule has 2 aliphatic carbocycles. The summed E-state index contributed by atoms with van der Waals surface area (Å²) in [5.74, 6) is 0. The molecule has 0 saturated carbocycles. The van der Waals surface area contributed by atoms with Gasteiger partial charge in [0, 0.05) is 31.3 Å². The van der Waals surface area contributed by atoms with Gasteiger partial charge in [0.15, 0.2) is 0 Å². The molecule has 1 heterocycles. The first-order valence-electron chi connectivity index (χ1n) is 13.1. The number of aryl methyl sites for hydroxylation is 6. The summed E-state index contributed by atoms with van der Waals surface area (Å²) in [4.78, 5) is 0. The monoisotopic (exact) mass is 494 g/mol. The van der Waals surface area contributed by atoms with Gasteiger partial charge in [-0.3, -0.25) is 0 Å². The molecule has 7 rings (SSSR count). The smallest absolute Gasteiger partial charge is 0.0446 e. The lowest BCUT2D eigenvalue weighted by atomic mass is 9.90. The molecule has 1 aromatic heterocycles. The van der Waals surface area contributed by atoms with Crippen molar-refractivity contribution < 1.29 is 0 Å². The second-order valence-electron chi connectivity index (χ2n) is 10.9. The van der Waals surface area contributed by atoms with Crippen LogP contribution in [0.1, 0.15) is 55.6 Å². The molecule has 37 heavy (non-hydrogen) atoms. The van der Waals surface area contributed by atoms with Crippen LogP contribution >= 0.6 is 11.3 Å². The highest BCUT2D eigenvalue weighted by Gasteiger charge is 2.33. The van der Waals surface area contributed by atoms with E-state index in [0.717, 1.165) is 0 Å². The topological polar surface area (TPSA) is 0 Å². The van der Waals surface area contributed by atoms with Gasteiger partial charge in [-0.2, -0.15) is 0 Å². The van der Waals surface area contributed by atoms with E-state index < -0.39 is 0 Å². The van der Waals surface area contributed by atoms with E-state index in [4.69, 9.17) is 0 Å². The van der Waals surface area contributed by atoms with Crippen LogP contribution in [0.5, 0.6) is 0 Å². The highest BCUT2D eigenvalue weighted by molar-refractivity contribution is 7.09. The number of fused-ring (bicyclic) bond motifs is 7. The molecule has 0 radical (unpaired) electrons. The zero-order valence-electron chi connectivity index (χ0n) is 22.3. The fourth-order valence-corrected chi connectivity index (χ4v) is 8.49. The summed E-state index contributed by atoms with van der Waals surface area (Å²) in [7, 11) is 0. The third-order valence-corrected chi connectivity index (χ3v) is 9.37. The first-order valence-corrected chi connectivity index (χ1v) is 13.9. The Morgan fingerprint density at radius 1 is 0.405 bits per heavy atom. The lowest BCUT2D eigenvalue weighted by molar-refractivity contribution is 1.29. The van der Waals surface area contributed by atoms with Gasteiger partial charge in [0.25, 0.3) is 0 Å². The molecule has 180 valence electrons. The van der Waals surface area contributed by atoms with E-state index in [9.17, 15) is 0 Å². The second-order valence-corrected chi connectivity index (χ2v) is 11.9. The summed E-state index contributed by atoms with van der Waals surface area (Å²) >= 11 is 2.00. The van der Waals surface area contributed by atoms with Crippen molar-refractivity contribution in [3.63, 3.8) is 0 Å². The van der Waals surface area contributed by atoms with Crippen molar-refractivity contribution >= 4 is 22.5 Å². The van der Waals surface area contributed by atoms with Gasteiger partial charge in [-0.25, -0.2) is 0 Å². The molecule has 0 aliphatic heterocycles.